The van der Waals surface area contributed by atoms with Crippen LogP contribution in [0.4, 0.5) is 0 Å². The molecule has 9 heteroatoms. The molecule has 2 N–H and O–H groups in total. The van der Waals surface area contributed by atoms with Gasteiger partial charge in [0.25, 0.3) is 11.5 Å². The first-order chi connectivity index (χ1) is 13.9. The third-order valence-corrected chi connectivity index (χ3v) is 4.79. The first-order valence-corrected chi connectivity index (χ1v) is 9.63. The molecule has 0 aliphatic heterocycles. The zero-order chi connectivity index (χ0) is 21.0. The fraction of sp³-hybridized carbons (Fsp3) is 0.200. The Kier molecular flexibility index (Phi) is 6.51. The van der Waals surface area contributed by atoms with Crippen LogP contribution in [0.5, 0.6) is 0 Å². The molecule has 1 aromatic heterocycles. The van der Waals surface area contributed by atoms with E-state index in [2.05, 4.69) is 15.3 Å². The van der Waals surface area contributed by atoms with Gasteiger partial charge in [0.05, 0.1) is 24.0 Å². The number of nitrogens with one attached hydrogen (secondary N) is 2. The summed E-state index contributed by atoms with van der Waals surface area (Å²) in [7, 11) is 0. The number of halogens is 2. The van der Waals surface area contributed by atoms with Gasteiger partial charge in [0, 0.05) is 22.2 Å². The molecule has 29 heavy (non-hydrogen) atoms. The highest BCUT2D eigenvalue weighted by Gasteiger charge is 2.16. The number of likely N-dealkylation sites (N-methyl/N-ethyl adjacent to an activating group) is 1. The number of amides is 2. The molecule has 0 radical (unpaired) electrons. The smallest absolute Gasteiger partial charge is 0.258 e. The minimum Gasteiger partial charge on any atom is -0.343 e. The molecule has 0 spiro atoms. The maximum absolute atomic E-state index is 12.5. The van der Waals surface area contributed by atoms with Crippen LogP contribution in [0, 0.1) is 0 Å². The van der Waals surface area contributed by atoms with E-state index in [1.54, 1.807) is 49.4 Å². The number of aromatic amines is 1. The molecule has 0 saturated heterocycles. The number of carbonyl (C=O) groups excluding carboxylic acids is 2. The minimum atomic E-state index is -0.377. The highest BCUT2D eigenvalue weighted by atomic mass is 35.5. The summed E-state index contributed by atoms with van der Waals surface area (Å²) in [6.07, 6.45) is 0. The molecule has 1 heterocycles. The van der Waals surface area contributed by atoms with Crippen molar-refractivity contribution < 1.29 is 9.59 Å². The molecule has 2 amide bonds. The Labute approximate surface area is 176 Å². The monoisotopic (exact) mass is 432 g/mol. The molecule has 0 bridgehead atoms. The van der Waals surface area contributed by atoms with Gasteiger partial charge < -0.3 is 15.2 Å². The third-order valence-electron chi connectivity index (χ3n) is 4.30. The predicted octanol–water partition coefficient (Wildman–Crippen LogP) is 3.01. The lowest BCUT2D eigenvalue weighted by molar-refractivity contribution is -0.130. The van der Waals surface area contributed by atoms with E-state index in [0.29, 0.717) is 38.9 Å². The Hall–Kier alpha value is -2.90. The second-order valence-electron chi connectivity index (χ2n) is 6.27. The standard InChI is InChI=1S/C20H18Cl2N4O3/c1-2-26(18(27)10-23-19(28)12-3-5-13(21)6-4-12)11-17-24-16-9-14(22)7-8-15(16)20(29)25-17/h3-9H,2,10-11H2,1H3,(H,23,28)(H,24,25,29). The van der Waals surface area contributed by atoms with Crippen molar-refractivity contribution >= 4 is 45.9 Å². The molecule has 7 nitrogen and oxygen atoms in total. The summed E-state index contributed by atoms with van der Waals surface area (Å²) in [5.74, 6) is -0.342. The van der Waals surface area contributed by atoms with Gasteiger partial charge >= 0.3 is 0 Å². The number of fused-ring (bicyclic) bond motifs is 1. The fourth-order valence-electron chi connectivity index (χ4n) is 2.76. The van der Waals surface area contributed by atoms with Crippen LogP contribution in [0.15, 0.2) is 47.3 Å². The van der Waals surface area contributed by atoms with Gasteiger partial charge in [-0.25, -0.2) is 4.98 Å². The van der Waals surface area contributed by atoms with Crippen molar-refractivity contribution in [1.82, 2.24) is 20.2 Å². The molecule has 0 aliphatic rings. The molecular formula is C20H18Cl2N4O3. The van der Waals surface area contributed by atoms with E-state index in [1.165, 1.54) is 4.90 Å². The molecule has 150 valence electrons. The molecule has 2 aromatic carbocycles. The van der Waals surface area contributed by atoms with Crippen LogP contribution in [-0.2, 0) is 11.3 Å². The Morgan fingerprint density at radius 2 is 1.79 bits per heavy atom. The van der Waals surface area contributed by atoms with Gasteiger partial charge in [0.1, 0.15) is 5.82 Å². The van der Waals surface area contributed by atoms with Gasteiger partial charge in [0.15, 0.2) is 0 Å². The number of hydrogen-bond acceptors (Lipinski definition) is 4. The van der Waals surface area contributed by atoms with Crippen molar-refractivity contribution in [3.05, 3.63) is 74.3 Å². The zero-order valence-corrected chi connectivity index (χ0v) is 17.0. The third kappa shape index (κ3) is 5.13. The summed E-state index contributed by atoms with van der Waals surface area (Å²) >= 11 is 11.8. The van der Waals surface area contributed by atoms with Crippen molar-refractivity contribution in [3.8, 4) is 0 Å². The lowest BCUT2D eigenvalue weighted by atomic mass is 10.2. The molecule has 0 fully saturated rings. The Balaban J connectivity index is 1.68. The van der Waals surface area contributed by atoms with Crippen LogP contribution >= 0.6 is 23.2 Å². The Morgan fingerprint density at radius 1 is 1.10 bits per heavy atom. The largest absolute Gasteiger partial charge is 0.343 e. The van der Waals surface area contributed by atoms with E-state index in [-0.39, 0.29) is 30.5 Å². The predicted molar refractivity (Wildman–Crippen MR) is 112 cm³/mol. The first-order valence-electron chi connectivity index (χ1n) is 8.87. The van der Waals surface area contributed by atoms with Crippen molar-refractivity contribution in [3.63, 3.8) is 0 Å². The van der Waals surface area contributed by atoms with Gasteiger partial charge in [-0.15, -0.1) is 0 Å². The van der Waals surface area contributed by atoms with Crippen LogP contribution in [-0.4, -0.2) is 39.8 Å². The molecule has 0 aliphatic carbocycles. The normalized spacial score (nSPS) is 10.7. The average Bonchev–Trinajstić information content (AvgIpc) is 2.70. The van der Waals surface area contributed by atoms with E-state index >= 15 is 0 Å². The van der Waals surface area contributed by atoms with Crippen LogP contribution < -0.4 is 10.9 Å². The lowest BCUT2D eigenvalue weighted by Gasteiger charge is -2.20. The van der Waals surface area contributed by atoms with Crippen LogP contribution in [0.3, 0.4) is 0 Å². The van der Waals surface area contributed by atoms with E-state index < -0.39 is 0 Å². The van der Waals surface area contributed by atoms with E-state index in [0.717, 1.165) is 0 Å². The quantitative estimate of drug-likeness (QED) is 0.625. The number of benzene rings is 2. The number of rotatable bonds is 6. The number of hydrogen-bond donors (Lipinski definition) is 2. The highest BCUT2D eigenvalue weighted by Crippen LogP contribution is 2.15. The van der Waals surface area contributed by atoms with Crippen molar-refractivity contribution in [2.75, 3.05) is 13.1 Å². The summed E-state index contributed by atoms with van der Waals surface area (Å²) in [6, 6.07) is 11.2. The average molecular weight is 433 g/mol. The second-order valence-corrected chi connectivity index (χ2v) is 7.14. The molecule has 0 atom stereocenters. The summed E-state index contributed by atoms with van der Waals surface area (Å²) in [6.45, 7) is 2.10. The van der Waals surface area contributed by atoms with Crippen LogP contribution in [0.1, 0.15) is 23.1 Å². The van der Waals surface area contributed by atoms with E-state index in [4.69, 9.17) is 23.2 Å². The maximum atomic E-state index is 12.5. The SMILES string of the molecule is CCN(Cc1nc2cc(Cl)ccc2c(=O)[nH]1)C(=O)CNC(=O)c1ccc(Cl)cc1. The van der Waals surface area contributed by atoms with Gasteiger partial charge in [-0.05, 0) is 49.4 Å². The van der Waals surface area contributed by atoms with Crippen LogP contribution in [0.2, 0.25) is 10.0 Å². The van der Waals surface area contributed by atoms with Crippen molar-refractivity contribution in [2.24, 2.45) is 0 Å². The minimum absolute atomic E-state index is 0.101. The summed E-state index contributed by atoms with van der Waals surface area (Å²) in [4.78, 5) is 45.5. The van der Waals surface area contributed by atoms with E-state index in [9.17, 15) is 14.4 Å². The lowest BCUT2D eigenvalue weighted by Crippen LogP contribution is -2.40. The van der Waals surface area contributed by atoms with Gasteiger partial charge in [-0.2, -0.15) is 0 Å². The van der Waals surface area contributed by atoms with Crippen molar-refractivity contribution in [1.29, 1.82) is 0 Å². The summed E-state index contributed by atoms with van der Waals surface area (Å²) in [5, 5.41) is 3.99. The number of H-pyrrole nitrogens is 1. The highest BCUT2D eigenvalue weighted by molar-refractivity contribution is 6.31. The number of carbonyl (C=O) groups is 2. The van der Waals surface area contributed by atoms with Gasteiger partial charge in [0.2, 0.25) is 5.91 Å². The molecular weight excluding hydrogens is 415 g/mol. The molecule has 0 unspecified atom stereocenters. The van der Waals surface area contributed by atoms with Crippen molar-refractivity contribution in [2.45, 2.75) is 13.5 Å². The Bertz CT molecular complexity index is 1110. The summed E-state index contributed by atoms with van der Waals surface area (Å²) in [5.41, 5.74) is 0.555. The zero-order valence-electron chi connectivity index (χ0n) is 15.5. The summed E-state index contributed by atoms with van der Waals surface area (Å²) < 4.78 is 0. The Morgan fingerprint density at radius 3 is 2.48 bits per heavy atom. The fourth-order valence-corrected chi connectivity index (χ4v) is 3.06. The molecule has 3 rings (SSSR count). The second kappa shape index (κ2) is 9.07. The van der Waals surface area contributed by atoms with Gasteiger partial charge in [-0.1, -0.05) is 23.2 Å². The maximum Gasteiger partial charge on any atom is 0.258 e. The van der Waals surface area contributed by atoms with Gasteiger partial charge in [-0.3, -0.25) is 14.4 Å². The number of nitrogens with zero attached hydrogens (tertiary/aromatic N) is 2. The van der Waals surface area contributed by atoms with E-state index in [1.807, 2.05) is 0 Å². The number of aromatic nitrogens is 2. The van der Waals surface area contributed by atoms with Crippen LogP contribution in [0.25, 0.3) is 10.9 Å². The first kappa shape index (κ1) is 20.8. The molecule has 3 aromatic rings. The molecule has 0 saturated carbocycles. The topological polar surface area (TPSA) is 95.2 Å².